The molecule has 0 radical (unpaired) electrons. The lowest BCUT2D eigenvalue weighted by Gasteiger charge is -2.34. The highest BCUT2D eigenvalue weighted by molar-refractivity contribution is 5.95. The summed E-state index contributed by atoms with van der Waals surface area (Å²) in [6, 6.07) is 8.94. The molecule has 11 nitrogen and oxygen atoms in total. The van der Waals surface area contributed by atoms with Crippen LogP contribution in [0.1, 0.15) is 30.6 Å². The number of pyridine rings is 1. The maximum atomic E-state index is 13.5. The molecule has 0 aliphatic carbocycles. The molecule has 3 aromatic heterocycles. The van der Waals surface area contributed by atoms with E-state index in [4.69, 9.17) is 9.72 Å². The smallest absolute Gasteiger partial charge is 0.414 e. The summed E-state index contributed by atoms with van der Waals surface area (Å²) < 4.78 is 10.7. The highest BCUT2D eigenvalue weighted by atomic mass is 16.5. The first-order valence-corrected chi connectivity index (χ1v) is 13.3. The Morgan fingerprint density at radius 1 is 1.13 bits per heavy atom. The molecule has 6 rings (SSSR count). The summed E-state index contributed by atoms with van der Waals surface area (Å²) in [7, 11) is 1.39. The second kappa shape index (κ2) is 10.0. The van der Waals surface area contributed by atoms with E-state index in [9.17, 15) is 14.4 Å². The summed E-state index contributed by atoms with van der Waals surface area (Å²) in [5, 5.41) is 0. The van der Waals surface area contributed by atoms with Gasteiger partial charge in [-0.3, -0.25) is 14.5 Å². The van der Waals surface area contributed by atoms with Crippen molar-refractivity contribution >= 4 is 28.7 Å². The number of imidazole rings is 2. The Labute approximate surface area is 225 Å². The van der Waals surface area contributed by atoms with Gasteiger partial charge in [0, 0.05) is 62.3 Å². The summed E-state index contributed by atoms with van der Waals surface area (Å²) in [4.78, 5) is 51.4. The fraction of sp³-hybridized carbons (Fsp3) is 0.393. The highest BCUT2D eigenvalue weighted by Gasteiger charge is 2.32. The number of aryl methyl sites for hydroxylation is 3. The van der Waals surface area contributed by atoms with Crippen LogP contribution in [0, 0.1) is 0 Å². The molecule has 2 aliphatic heterocycles. The van der Waals surface area contributed by atoms with Crippen LogP contribution in [0.4, 0.5) is 10.5 Å². The molecular weight excluding hydrogens is 498 g/mol. The predicted molar refractivity (Wildman–Crippen MR) is 144 cm³/mol. The maximum Gasteiger partial charge on any atom is 0.414 e. The zero-order valence-electron chi connectivity index (χ0n) is 22.1. The first-order valence-electron chi connectivity index (χ1n) is 13.3. The molecule has 39 heavy (non-hydrogen) atoms. The fourth-order valence-corrected chi connectivity index (χ4v) is 5.71. The molecule has 5 heterocycles. The van der Waals surface area contributed by atoms with Crippen molar-refractivity contribution in [1.82, 2.24) is 28.6 Å². The summed E-state index contributed by atoms with van der Waals surface area (Å²) in [5.41, 5.74) is 3.30. The van der Waals surface area contributed by atoms with Gasteiger partial charge in [0.2, 0.25) is 5.91 Å². The monoisotopic (exact) mass is 529 g/mol. The lowest BCUT2D eigenvalue weighted by Crippen LogP contribution is -2.42. The van der Waals surface area contributed by atoms with Gasteiger partial charge in [-0.1, -0.05) is 6.07 Å². The van der Waals surface area contributed by atoms with Gasteiger partial charge in [-0.25, -0.2) is 14.8 Å². The minimum Gasteiger partial charge on any atom is -0.452 e. The lowest BCUT2D eigenvalue weighted by molar-refractivity contribution is -0.133. The number of methoxy groups -OCH3 is 1. The summed E-state index contributed by atoms with van der Waals surface area (Å²) in [6.45, 7) is 4.37. The van der Waals surface area contributed by atoms with Gasteiger partial charge in [0.25, 0.3) is 5.56 Å². The maximum absolute atomic E-state index is 13.5. The molecule has 0 saturated heterocycles. The fourth-order valence-electron chi connectivity index (χ4n) is 5.71. The Bertz CT molecular complexity index is 1620. The van der Waals surface area contributed by atoms with Crippen LogP contribution in [-0.2, 0) is 48.6 Å². The number of nitrogens with zero attached hydrogens (tertiary/aromatic N) is 7. The van der Waals surface area contributed by atoms with E-state index in [1.165, 1.54) is 13.2 Å². The van der Waals surface area contributed by atoms with Gasteiger partial charge in [0.1, 0.15) is 18.2 Å². The summed E-state index contributed by atoms with van der Waals surface area (Å²) >= 11 is 0. The number of amides is 2. The van der Waals surface area contributed by atoms with E-state index < -0.39 is 6.09 Å². The molecule has 2 aliphatic rings. The van der Waals surface area contributed by atoms with Crippen molar-refractivity contribution in [2.45, 2.75) is 58.4 Å². The normalized spacial score (nSPS) is 16.7. The third kappa shape index (κ3) is 4.47. The van der Waals surface area contributed by atoms with E-state index in [0.29, 0.717) is 32.6 Å². The number of carbonyl (C=O) groups excluding carboxylic acids is 2. The third-order valence-corrected chi connectivity index (χ3v) is 7.83. The Morgan fingerprint density at radius 3 is 2.82 bits per heavy atom. The van der Waals surface area contributed by atoms with E-state index in [-0.39, 0.29) is 24.1 Å². The van der Waals surface area contributed by atoms with Crippen molar-refractivity contribution < 1.29 is 14.3 Å². The van der Waals surface area contributed by atoms with Gasteiger partial charge >= 0.3 is 6.09 Å². The molecule has 202 valence electrons. The lowest BCUT2D eigenvalue weighted by atomic mass is 9.96. The quantitative estimate of drug-likeness (QED) is 0.393. The highest BCUT2D eigenvalue weighted by Crippen LogP contribution is 2.36. The molecule has 0 spiro atoms. The second-order valence-electron chi connectivity index (χ2n) is 10.1. The summed E-state index contributed by atoms with van der Waals surface area (Å²) in [6.07, 6.45) is 7.07. The molecule has 0 fully saturated rings. The van der Waals surface area contributed by atoms with Crippen LogP contribution in [0.15, 0.2) is 53.7 Å². The molecule has 11 heteroatoms. The van der Waals surface area contributed by atoms with Crippen molar-refractivity contribution in [3.05, 3.63) is 76.5 Å². The Kier molecular flexibility index (Phi) is 6.41. The zero-order chi connectivity index (χ0) is 27.1. The Hall–Kier alpha value is -4.41. The van der Waals surface area contributed by atoms with Crippen LogP contribution in [-0.4, -0.2) is 60.3 Å². The largest absolute Gasteiger partial charge is 0.452 e. The molecule has 1 aromatic carbocycles. The minimum absolute atomic E-state index is 0.00199. The van der Waals surface area contributed by atoms with Crippen LogP contribution in [0.3, 0.4) is 0 Å². The van der Waals surface area contributed by atoms with Gasteiger partial charge in [-0.05, 0) is 38.0 Å². The first kappa shape index (κ1) is 24.9. The second-order valence-corrected chi connectivity index (χ2v) is 10.1. The number of aromatic nitrogens is 5. The van der Waals surface area contributed by atoms with E-state index in [0.717, 1.165) is 46.8 Å². The number of hydrogen-bond donors (Lipinski definition) is 0. The van der Waals surface area contributed by atoms with Crippen LogP contribution in [0.2, 0.25) is 0 Å². The number of ether oxygens (including phenoxy) is 1. The number of carbonyl (C=O) groups is 2. The predicted octanol–water partition coefficient (Wildman–Crippen LogP) is 2.59. The van der Waals surface area contributed by atoms with E-state index in [1.807, 2.05) is 40.8 Å². The number of rotatable bonds is 5. The number of anilines is 1. The zero-order valence-corrected chi connectivity index (χ0v) is 22.1. The number of hydrogen-bond acceptors (Lipinski definition) is 6. The number of fused-ring (bicyclic) bond motifs is 4. The van der Waals surface area contributed by atoms with Crippen molar-refractivity contribution in [1.29, 1.82) is 0 Å². The molecule has 4 aromatic rings. The van der Waals surface area contributed by atoms with Crippen molar-refractivity contribution in [2.75, 3.05) is 18.6 Å². The average molecular weight is 530 g/mol. The van der Waals surface area contributed by atoms with E-state index >= 15 is 0 Å². The van der Waals surface area contributed by atoms with E-state index in [2.05, 4.69) is 9.55 Å². The van der Waals surface area contributed by atoms with Crippen molar-refractivity contribution in [3.63, 3.8) is 0 Å². The SMILES string of the molecule is COC(=O)N1c2ccc3c(nc(CCn4ccccc4=O)n3CC(=O)N3CCn4ccnc4C3)c2CC[C@@H]1C. The standard InChI is InChI=1S/C28H31N7O4/c1-19-6-7-20-21(35(19)28(38)39-2)8-9-22-27(20)30-23(10-13-32-12-4-3-5-25(32)36)34(22)18-26(37)33-16-15-31-14-11-29-24(31)17-33/h3-5,8-9,11-12,14,19H,6-7,10,13,15-18H2,1-2H3/t19-/m0/s1. The van der Waals surface area contributed by atoms with Gasteiger partial charge in [0.15, 0.2) is 0 Å². The third-order valence-electron chi connectivity index (χ3n) is 7.83. The molecular formula is C28H31N7O4. The van der Waals surface area contributed by atoms with Crippen LogP contribution >= 0.6 is 0 Å². The van der Waals surface area contributed by atoms with Gasteiger partial charge in [-0.2, -0.15) is 0 Å². The van der Waals surface area contributed by atoms with Crippen molar-refractivity contribution in [3.8, 4) is 0 Å². The molecule has 0 unspecified atom stereocenters. The summed E-state index contributed by atoms with van der Waals surface area (Å²) in [5.74, 6) is 1.59. The molecule has 2 amide bonds. The number of benzene rings is 1. The molecule has 1 atom stereocenters. The Morgan fingerprint density at radius 2 is 2.00 bits per heavy atom. The van der Waals surface area contributed by atoms with Gasteiger partial charge in [0.05, 0.1) is 30.4 Å². The molecule has 0 N–H and O–H groups in total. The average Bonchev–Trinajstić information content (AvgIpc) is 3.56. The van der Waals surface area contributed by atoms with Crippen LogP contribution in [0.5, 0.6) is 0 Å². The van der Waals surface area contributed by atoms with Gasteiger partial charge < -0.3 is 23.3 Å². The molecule has 0 saturated carbocycles. The van der Waals surface area contributed by atoms with Crippen LogP contribution < -0.4 is 10.5 Å². The first-order chi connectivity index (χ1) is 18.9. The Balaban J connectivity index is 1.38. The van der Waals surface area contributed by atoms with E-state index in [1.54, 1.807) is 27.9 Å². The molecule has 0 bridgehead atoms. The van der Waals surface area contributed by atoms with Gasteiger partial charge in [-0.15, -0.1) is 0 Å². The minimum atomic E-state index is -0.399. The topological polar surface area (TPSA) is 107 Å². The van der Waals surface area contributed by atoms with Crippen molar-refractivity contribution in [2.24, 2.45) is 0 Å². The van der Waals surface area contributed by atoms with Crippen LogP contribution in [0.25, 0.3) is 11.0 Å².